The van der Waals surface area contributed by atoms with Gasteiger partial charge in [-0.1, -0.05) is 25.8 Å². The fourth-order valence-electron chi connectivity index (χ4n) is 2.86. The minimum absolute atomic E-state index is 0.279. The van der Waals surface area contributed by atoms with E-state index in [1.807, 2.05) is 6.08 Å². The number of hydrogen-bond acceptors (Lipinski definition) is 2. The molecule has 0 saturated heterocycles. The highest BCUT2D eigenvalue weighted by Crippen LogP contribution is 2.27. The third-order valence-corrected chi connectivity index (χ3v) is 4.04. The Labute approximate surface area is 100 Å². The van der Waals surface area contributed by atoms with Gasteiger partial charge < -0.3 is 5.11 Å². The van der Waals surface area contributed by atoms with Crippen LogP contribution < -0.4 is 0 Å². The Morgan fingerprint density at radius 1 is 1.38 bits per heavy atom. The summed E-state index contributed by atoms with van der Waals surface area (Å²) in [7, 11) is 0. The number of aliphatic hydroxyl groups is 1. The second-order valence-electron chi connectivity index (χ2n) is 5.14. The van der Waals surface area contributed by atoms with Gasteiger partial charge in [-0.3, -0.25) is 4.90 Å². The Bertz CT molecular complexity index is 199. The van der Waals surface area contributed by atoms with Crippen molar-refractivity contribution in [1.82, 2.24) is 4.90 Å². The topological polar surface area (TPSA) is 23.5 Å². The molecule has 1 aliphatic rings. The summed E-state index contributed by atoms with van der Waals surface area (Å²) < 4.78 is 0. The van der Waals surface area contributed by atoms with Crippen molar-refractivity contribution in [2.45, 2.75) is 58.0 Å². The van der Waals surface area contributed by atoms with Gasteiger partial charge in [0.25, 0.3) is 0 Å². The number of rotatable bonds is 7. The zero-order valence-electron chi connectivity index (χ0n) is 10.9. The first-order valence-corrected chi connectivity index (χ1v) is 6.68. The molecule has 94 valence electrons. The normalized spacial score (nSPS) is 21.2. The Balaban J connectivity index is 2.56. The Kier molecular flexibility index (Phi) is 6.07. The van der Waals surface area contributed by atoms with Crippen molar-refractivity contribution in [3.8, 4) is 0 Å². The first-order chi connectivity index (χ1) is 7.70. The zero-order chi connectivity index (χ0) is 12.0. The van der Waals surface area contributed by atoms with Crippen LogP contribution in [-0.4, -0.2) is 35.2 Å². The fourth-order valence-corrected chi connectivity index (χ4v) is 2.86. The van der Waals surface area contributed by atoms with Crippen molar-refractivity contribution in [3.63, 3.8) is 0 Å². The molecule has 0 spiro atoms. The number of aliphatic hydroxyl groups excluding tert-OH is 1. The quantitative estimate of drug-likeness (QED) is 0.673. The molecule has 1 aliphatic carbocycles. The van der Waals surface area contributed by atoms with Gasteiger partial charge in [0.05, 0.1) is 6.61 Å². The molecule has 0 aromatic carbocycles. The van der Waals surface area contributed by atoms with Crippen molar-refractivity contribution >= 4 is 0 Å². The van der Waals surface area contributed by atoms with Gasteiger partial charge in [-0.05, 0) is 32.1 Å². The van der Waals surface area contributed by atoms with E-state index in [2.05, 4.69) is 25.3 Å². The van der Waals surface area contributed by atoms with Crippen molar-refractivity contribution in [2.75, 3.05) is 13.2 Å². The average molecular weight is 225 g/mol. The molecular formula is C14H27NO. The molecule has 0 heterocycles. The first-order valence-electron chi connectivity index (χ1n) is 6.68. The Hall–Kier alpha value is -0.340. The second-order valence-corrected chi connectivity index (χ2v) is 5.14. The second kappa shape index (κ2) is 7.08. The molecule has 1 fully saturated rings. The molecular weight excluding hydrogens is 198 g/mol. The number of nitrogens with zero attached hydrogens (tertiary/aromatic N) is 1. The van der Waals surface area contributed by atoms with E-state index in [0.717, 1.165) is 13.0 Å². The minimum atomic E-state index is 0.279. The van der Waals surface area contributed by atoms with Gasteiger partial charge in [-0.25, -0.2) is 0 Å². The third-order valence-electron chi connectivity index (χ3n) is 4.04. The Morgan fingerprint density at radius 3 is 2.50 bits per heavy atom. The molecule has 0 aromatic heterocycles. The summed E-state index contributed by atoms with van der Waals surface area (Å²) in [6.45, 7) is 9.50. The van der Waals surface area contributed by atoms with Gasteiger partial charge in [0, 0.05) is 18.6 Å². The van der Waals surface area contributed by atoms with Crippen LogP contribution in [0, 0.1) is 5.92 Å². The minimum Gasteiger partial charge on any atom is -0.395 e. The van der Waals surface area contributed by atoms with Gasteiger partial charge in [-0.15, -0.1) is 6.58 Å². The van der Waals surface area contributed by atoms with Crippen LogP contribution in [0.3, 0.4) is 0 Å². The maximum Gasteiger partial charge on any atom is 0.0558 e. The van der Waals surface area contributed by atoms with E-state index in [1.165, 1.54) is 25.7 Å². The summed E-state index contributed by atoms with van der Waals surface area (Å²) in [4.78, 5) is 2.52. The molecule has 1 saturated carbocycles. The number of allylic oxidation sites excluding steroid dienone is 1. The van der Waals surface area contributed by atoms with Crippen LogP contribution >= 0.6 is 0 Å². The van der Waals surface area contributed by atoms with Crippen LogP contribution in [-0.2, 0) is 0 Å². The predicted molar refractivity (Wildman–Crippen MR) is 69.5 cm³/mol. The van der Waals surface area contributed by atoms with E-state index in [1.54, 1.807) is 0 Å². The first kappa shape index (κ1) is 13.7. The lowest BCUT2D eigenvalue weighted by molar-refractivity contribution is 0.0852. The van der Waals surface area contributed by atoms with Crippen LogP contribution in [0.2, 0.25) is 0 Å². The summed E-state index contributed by atoms with van der Waals surface area (Å²) in [6.07, 6.45) is 8.41. The molecule has 1 rings (SSSR count). The third kappa shape index (κ3) is 3.60. The standard InChI is InChI=1S/C14H27NO/c1-4-7-12(2)13(3)15(10-11-16)14-8-5-6-9-14/h4,12-14,16H,1,5-11H2,2-3H3. The van der Waals surface area contributed by atoms with Crippen LogP contribution in [0.4, 0.5) is 0 Å². The van der Waals surface area contributed by atoms with Gasteiger partial charge in [0.1, 0.15) is 0 Å². The molecule has 2 unspecified atom stereocenters. The van der Waals surface area contributed by atoms with E-state index < -0.39 is 0 Å². The molecule has 2 atom stereocenters. The molecule has 2 nitrogen and oxygen atoms in total. The van der Waals surface area contributed by atoms with Gasteiger partial charge in [0.15, 0.2) is 0 Å². The molecule has 0 radical (unpaired) electrons. The largest absolute Gasteiger partial charge is 0.395 e. The highest BCUT2D eigenvalue weighted by molar-refractivity contribution is 4.85. The lowest BCUT2D eigenvalue weighted by Crippen LogP contribution is -2.45. The smallest absolute Gasteiger partial charge is 0.0558 e. The molecule has 0 bridgehead atoms. The summed E-state index contributed by atoms with van der Waals surface area (Å²) in [6, 6.07) is 1.25. The van der Waals surface area contributed by atoms with Crippen molar-refractivity contribution in [2.24, 2.45) is 5.92 Å². The lowest BCUT2D eigenvalue weighted by atomic mass is 9.96. The summed E-state index contributed by atoms with van der Waals surface area (Å²) >= 11 is 0. The zero-order valence-corrected chi connectivity index (χ0v) is 10.9. The van der Waals surface area contributed by atoms with E-state index >= 15 is 0 Å². The highest BCUT2D eigenvalue weighted by Gasteiger charge is 2.28. The van der Waals surface area contributed by atoms with Gasteiger partial charge >= 0.3 is 0 Å². The maximum atomic E-state index is 9.20. The summed E-state index contributed by atoms with van der Waals surface area (Å²) in [5.74, 6) is 0.629. The van der Waals surface area contributed by atoms with E-state index in [-0.39, 0.29) is 6.61 Å². The molecule has 0 amide bonds. The average Bonchev–Trinajstić information content (AvgIpc) is 2.78. The lowest BCUT2D eigenvalue weighted by Gasteiger charge is -2.37. The van der Waals surface area contributed by atoms with Crippen LogP contribution in [0.5, 0.6) is 0 Å². The molecule has 16 heavy (non-hydrogen) atoms. The Morgan fingerprint density at radius 2 is 2.00 bits per heavy atom. The molecule has 2 heteroatoms. The van der Waals surface area contributed by atoms with Crippen molar-refractivity contribution < 1.29 is 5.11 Å². The monoisotopic (exact) mass is 225 g/mol. The molecule has 0 aromatic rings. The van der Waals surface area contributed by atoms with E-state index in [4.69, 9.17) is 0 Å². The molecule has 0 aliphatic heterocycles. The fraction of sp³-hybridized carbons (Fsp3) is 0.857. The van der Waals surface area contributed by atoms with Crippen LogP contribution in [0.25, 0.3) is 0 Å². The van der Waals surface area contributed by atoms with E-state index in [0.29, 0.717) is 18.0 Å². The molecule has 1 N–H and O–H groups in total. The predicted octanol–water partition coefficient (Wildman–Crippen LogP) is 2.82. The highest BCUT2D eigenvalue weighted by atomic mass is 16.3. The van der Waals surface area contributed by atoms with Crippen LogP contribution in [0.1, 0.15) is 46.0 Å². The van der Waals surface area contributed by atoms with Crippen LogP contribution in [0.15, 0.2) is 12.7 Å². The van der Waals surface area contributed by atoms with Gasteiger partial charge in [-0.2, -0.15) is 0 Å². The van der Waals surface area contributed by atoms with Crippen molar-refractivity contribution in [1.29, 1.82) is 0 Å². The maximum absolute atomic E-state index is 9.20. The van der Waals surface area contributed by atoms with Gasteiger partial charge in [0.2, 0.25) is 0 Å². The summed E-state index contributed by atoms with van der Waals surface area (Å²) in [5, 5.41) is 9.20. The summed E-state index contributed by atoms with van der Waals surface area (Å²) in [5.41, 5.74) is 0. The van der Waals surface area contributed by atoms with Crippen molar-refractivity contribution in [3.05, 3.63) is 12.7 Å². The SMILES string of the molecule is C=CCC(C)C(C)N(CCO)C1CCCC1. The number of hydrogen-bond donors (Lipinski definition) is 1. The van der Waals surface area contributed by atoms with E-state index in [9.17, 15) is 5.11 Å².